The quantitative estimate of drug-likeness (QED) is 0.131. The van der Waals surface area contributed by atoms with Crippen LogP contribution in [0.4, 0.5) is 4.79 Å². The number of halogens is 2. The molecule has 0 aromatic heterocycles. The molecular formula is C25H17BrINO5S. The van der Waals surface area contributed by atoms with E-state index in [0.29, 0.717) is 26.3 Å². The third-order valence-electron chi connectivity index (χ3n) is 4.88. The van der Waals surface area contributed by atoms with Crippen LogP contribution in [-0.2, 0) is 11.3 Å². The first-order valence-corrected chi connectivity index (χ1v) is 12.7. The summed E-state index contributed by atoms with van der Waals surface area (Å²) in [6.45, 7) is 0.209. The number of hydrogen-bond donors (Lipinski definition) is 0. The molecule has 1 heterocycles. The minimum atomic E-state index is -0.524. The number of benzene rings is 3. The fourth-order valence-electron chi connectivity index (χ4n) is 3.21. The third kappa shape index (κ3) is 5.53. The molecule has 172 valence electrons. The number of rotatable bonds is 6. The van der Waals surface area contributed by atoms with E-state index in [1.165, 1.54) is 12.0 Å². The van der Waals surface area contributed by atoms with Gasteiger partial charge in [0.05, 0.1) is 28.6 Å². The summed E-state index contributed by atoms with van der Waals surface area (Å²) in [6.07, 6.45) is 1.62. The van der Waals surface area contributed by atoms with E-state index in [0.717, 1.165) is 20.9 Å². The van der Waals surface area contributed by atoms with Gasteiger partial charge in [-0.3, -0.25) is 14.5 Å². The largest absolute Gasteiger partial charge is 0.493 e. The first-order valence-electron chi connectivity index (χ1n) is 10.0. The maximum Gasteiger partial charge on any atom is 0.343 e. The Labute approximate surface area is 222 Å². The highest BCUT2D eigenvalue weighted by molar-refractivity contribution is 14.1. The molecule has 1 aliphatic heterocycles. The highest BCUT2D eigenvalue weighted by Gasteiger charge is 2.35. The van der Waals surface area contributed by atoms with Gasteiger partial charge in [-0.25, -0.2) is 4.79 Å². The number of methoxy groups -OCH3 is 1. The van der Waals surface area contributed by atoms with Gasteiger partial charge in [0.15, 0.2) is 11.5 Å². The van der Waals surface area contributed by atoms with E-state index in [1.807, 2.05) is 30.3 Å². The molecule has 1 fully saturated rings. The molecule has 0 radical (unpaired) electrons. The molecule has 4 rings (SSSR count). The Hall–Kier alpha value is -2.63. The molecule has 3 aromatic carbocycles. The summed E-state index contributed by atoms with van der Waals surface area (Å²) in [5, 5.41) is -0.325. The van der Waals surface area contributed by atoms with Crippen molar-refractivity contribution < 1.29 is 23.9 Å². The zero-order chi connectivity index (χ0) is 24.2. The summed E-state index contributed by atoms with van der Waals surface area (Å²) in [6, 6.07) is 19.6. The molecule has 34 heavy (non-hydrogen) atoms. The number of hydrogen-bond acceptors (Lipinski definition) is 6. The smallest absolute Gasteiger partial charge is 0.343 e. The summed E-state index contributed by atoms with van der Waals surface area (Å²) in [4.78, 5) is 39.4. The number of esters is 1. The molecule has 0 aliphatic carbocycles. The summed E-state index contributed by atoms with van der Waals surface area (Å²) in [7, 11) is 1.46. The van der Waals surface area contributed by atoms with Crippen molar-refractivity contribution in [2.45, 2.75) is 6.54 Å². The Kier molecular flexibility index (Phi) is 7.74. The highest BCUT2D eigenvalue weighted by Crippen LogP contribution is 2.39. The molecule has 0 spiro atoms. The number of ether oxygens (including phenoxy) is 2. The molecule has 0 N–H and O–H groups in total. The summed E-state index contributed by atoms with van der Waals surface area (Å²) in [5.74, 6) is -0.351. The van der Waals surface area contributed by atoms with Crippen molar-refractivity contribution in [3.8, 4) is 11.5 Å². The van der Waals surface area contributed by atoms with Crippen LogP contribution in [-0.4, -0.2) is 29.1 Å². The fraction of sp³-hybridized carbons (Fsp3) is 0.0800. The molecule has 1 saturated heterocycles. The van der Waals surface area contributed by atoms with Gasteiger partial charge in [0.1, 0.15) is 0 Å². The van der Waals surface area contributed by atoms with Crippen LogP contribution in [0.25, 0.3) is 6.08 Å². The monoisotopic (exact) mass is 649 g/mol. The van der Waals surface area contributed by atoms with Crippen molar-refractivity contribution in [3.05, 3.63) is 96.4 Å². The lowest BCUT2D eigenvalue weighted by Gasteiger charge is -2.13. The highest BCUT2D eigenvalue weighted by atomic mass is 127. The SMILES string of the molecule is COc1cc(/C=C2\SC(=O)N(Cc3ccc(I)cc3)C2=O)cc(Br)c1OC(=O)c1ccccc1. The van der Waals surface area contributed by atoms with E-state index in [1.54, 1.807) is 42.5 Å². The topological polar surface area (TPSA) is 72.9 Å². The molecule has 0 unspecified atom stereocenters. The van der Waals surface area contributed by atoms with E-state index in [2.05, 4.69) is 38.5 Å². The van der Waals surface area contributed by atoms with E-state index in [4.69, 9.17) is 9.47 Å². The van der Waals surface area contributed by atoms with Crippen LogP contribution in [0.2, 0.25) is 0 Å². The molecule has 1 aliphatic rings. The Morgan fingerprint density at radius 2 is 1.79 bits per heavy atom. The van der Waals surface area contributed by atoms with Crippen molar-refractivity contribution in [1.29, 1.82) is 0 Å². The van der Waals surface area contributed by atoms with Crippen LogP contribution >= 0.6 is 50.3 Å². The zero-order valence-corrected chi connectivity index (χ0v) is 22.3. The van der Waals surface area contributed by atoms with Gasteiger partial charge in [-0.2, -0.15) is 0 Å². The minimum Gasteiger partial charge on any atom is -0.493 e. The molecule has 9 heteroatoms. The fourth-order valence-corrected chi connectivity index (χ4v) is 4.95. The summed E-state index contributed by atoms with van der Waals surface area (Å²) in [5.41, 5.74) is 1.89. The lowest BCUT2D eigenvalue weighted by Crippen LogP contribution is -2.27. The number of amides is 2. The van der Waals surface area contributed by atoms with Gasteiger partial charge >= 0.3 is 5.97 Å². The Morgan fingerprint density at radius 1 is 1.09 bits per heavy atom. The molecule has 0 saturated carbocycles. The molecule has 3 aromatic rings. The van der Waals surface area contributed by atoms with Crippen molar-refractivity contribution in [3.63, 3.8) is 0 Å². The molecular weight excluding hydrogens is 633 g/mol. The van der Waals surface area contributed by atoms with Gasteiger partial charge in [-0.05, 0) is 104 Å². The van der Waals surface area contributed by atoms with Crippen LogP contribution in [0.3, 0.4) is 0 Å². The van der Waals surface area contributed by atoms with Gasteiger partial charge in [-0.1, -0.05) is 30.3 Å². The standard InChI is InChI=1S/C25H17BrINO5S/c1-32-20-12-16(11-19(26)22(20)33-24(30)17-5-3-2-4-6-17)13-21-23(29)28(25(31)34-21)14-15-7-9-18(27)10-8-15/h2-13H,14H2,1H3/b21-13-. The van der Waals surface area contributed by atoms with Crippen molar-refractivity contribution in [1.82, 2.24) is 4.90 Å². The zero-order valence-electron chi connectivity index (χ0n) is 17.8. The van der Waals surface area contributed by atoms with Crippen LogP contribution in [0.15, 0.2) is 76.1 Å². The lowest BCUT2D eigenvalue weighted by molar-refractivity contribution is -0.123. The molecule has 0 atom stereocenters. The Morgan fingerprint density at radius 3 is 2.47 bits per heavy atom. The van der Waals surface area contributed by atoms with Crippen molar-refractivity contribution in [2.75, 3.05) is 7.11 Å². The van der Waals surface area contributed by atoms with Gasteiger partial charge in [0, 0.05) is 3.57 Å². The Bertz CT molecular complexity index is 1290. The second kappa shape index (κ2) is 10.7. The predicted molar refractivity (Wildman–Crippen MR) is 143 cm³/mol. The number of thioether (sulfide) groups is 1. The second-order valence-electron chi connectivity index (χ2n) is 7.18. The van der Waals surface area contributed by atoms with Gasteiger partial charge < -0.3 is 9.47 Å². The average Bonchev–Trinajstić information content (AvgIpc) is 3.09. The second-order valence-corrected chi connectivity index (χ2v) is 10.3. The van der Waals surface area contributed by atoms with E-state index >= 15 is 0 Å². The van der Waals surface area contributed by atoms with E-state index in [9.17, 15) is 14.4 Å². The van der Waals surface area contributed by atoms with Crippen LogP contribution in [0.1, 0.15) is 21.5 Å². The maximum atomic E-state index is 12.9. The number of carbonyl (C=O) groups is 3. The van der Waals surface area contributed by atoms with Gasteiger partial charge in [0.25, 0.3) is 11.1 Å². The van der Waals surface area contributed by atoms with Gasteiger partial charge in [-0.15, -0.1) is 0 Å². The first-order chi connectivity index (χ1) is 16.4. The lowest BCUT2D eigenvalue weighted by atomic mass is 10.1. The van der Waals surface area contributed by atoms with Crippen LogP contribution < -0.4 is 9.47 Å². The van der Waals surface area contributed by atoms with Crippen LogP contribution in [0, 0.1) is 3.57 Å². The maximum absolute atomic E-state index is 12.9. The number of nitrogens with zero attached hydrogens (tertiary/aromatic N) is 1. The van der Waals surface area contributed by atoms with E-state index in [-0.39, 0.29) is 23.4 Å². The molecule has 0 bridgehead atoms. The number of imide groups is 1. The van der Waals surface area contributed by atoms with Crippen molar-refractivity contribution >= 4 is 73.5 Å². The number of carbonyl (C=O) groups excluding carboxylic acids is 3. The molecule has 6 nitrogen and oxygen atoms in total. The average molecular weight is 650 g/mol. The normalized spacial score (nSPS) is 14.6. The van der Waals surface area contributed by atoms with E-state index < -0.39 is 5.97 Å². The summed E-state index contributed by atoms with van der Waals surface area (Å²) >= 11 is 6.51. The third-order valence-corrected chi connectivity index (χ3v) is 7.10. The van der Waals surface area contributed by atoms with Crippen molar-refractivity contribution in [2.24, 2.45) is 0 Å². The molecule has 2 amide bonds. The first kappa shape index (κ1) is 24.5. The van der Waals surface area contributed by atoms with Crippen LogP contribution in [0.5, 0.6) is 11.5 Å². The van der Waals surface area contributed by atoms with Gasteiger partial charge in [0.2, 0.25) is 0 Å². The minimum absolute atomic E-state index is 0.209. The predicted octanol–water partition coefficient (Wildman–Crippen LogP) is 6.52. The summed E-state index contributed by atoms with van der Waals surface area (Å²) < 4.78 is 12.5. The Balaban J connectivity index is 1.56.